The number of rotatable bonds is 5. The lowest BCUT2D eigenvalue weighted by Crippen LogP contribution is -2.51. The third-order valence-corrected chi connectivity index (χ3v) is 4.54. The van der Waals surface area contributed by atoms with Gasteiger partial charge in [0.2, 0.25) is 0 Å². The molecule has 1 aliphatic rings. The summed E-state index contributed by atoms with van der Waals surface area (Å²) in [5.41, 5.74) is 9.01. The fourth-order valence-electron chi connectivity index (χ4n) is 3.03. The van der Waals surface area contributed by atoms with Crippen molar-refractivity contribution < 1.29 is 0 Å². The molecular formula is C17H28N2. The monoisotopic (exact) mass is 260 g/mol. The summed E-state index contributed by atoms with van der Waals surface area (Å²) >= 11 is 0. The molecule has 0 radical (unpaired) electrons. The highest BCUT2D eigenvalue weighted by Crippen LogP contribution is 2.25. The van der Waals surface area contributed by atoms with Crippen molar-refractivity contribution in [3.8, 4) is 0 Å². The van der Waals surface area contributed by atoms with Crippen LogP contribution in [0.25, 0.3) is 0 Å². The molecular weight excluding hydrogens is 232 g/mol. The summed E-state index contributed by atoms with van der Waals surface area (Å²) in [6.07, 6.45) is 3.70. The second-order valence-electron chi connectivity index (χ2n) is 6.47. The first-order chi connectivity index (χ1) is 9.05. The summed E-state index contributed by atoms with van der Waals surface area (Å²) in [5, 5.41) is 0. The molecule has 1 fully saturated rings. The molecule has 106 valence electrons. The standard InChI is InChI=1S/C17H28N2/c1-14(2)16-8-6-15(7-9-16)12-17(3,13-18)19-10-4-5-11-19/h6-9,14H,4-5,10-13,18H2,1-3H3. The van der Waals surface area contributed by atoms with Crippen LogP contribution in [0.3, 0.4) is 0 Å². The SMILES string of the molecule is CC(C)c1ccc(CC(C)(CN)N2CCCC2)cc1. The van der Waals surface area contributed by atoms with Crippen molar-refractivity contribution >= 4 is 0 Å². The van der Waals surface area contributed by atoms with E-state index in [0.29, 0.717) is 5.92 Å². The Balaban J connectivity index is 2.09. The van der Waals surface area contributed by atoms with Gasteiger partial charge in [0, 0.05) is 12.1 Å². The molecule has 0 saturated carbocycles. The van der Waals surface area contributed by atoms with E-state index in [1.54, 1.807) is 0 Å². The summed E-state index contributed by atoms with van der Waals surface area (Å²) < 4.78 is 0. The third kappa shape index (κ3) is 3.37. The highest BCUT2D eigenvalue weighted by atomic mass is 15.2. The summed E-state index contributed by atoms with van der Waals surface area (Å²) in [7, 11) is 0. The van der Waals surface area contributed by atoms with E-state index in [4.69, 9.17) is 5.73 Å². The summed E-state index contributed by atoms with van der Waals surface area (Å²) in [6, 6.07) is 9.08. The van der Waals surface area contributed by atoms with Crippen molar-refractivity contribution in [1.82, 2.24) is 4.90 Å². The van der Waals surface area contributed by atoms with Gasteiger partial charge in [-0.05, 0) is 56.3 Å². The lowest BCUT2D eigenvalue weighted by Gasteiger charge is -2.38. The molecule has 2 rings (SSSR count). The van der Waals surface area contributed by atoms with Crippen LogP contribution >= 0.6 is 0 Å². The van der Waals surface area contributed by atoms with E-state index in [2.05, 4.69) is 49.9 Å². The van der Waals surface area contributed by atoms with Crippen LogP contribution < -0.4 is 5.73 Å². The van der Waals surface area contributed by atoms with Gasteiger partial charge in [0.1, 0.15) is 0 Å². The quantitative estimate of drug-likeness (QED) is 0.881. The zero-order valence-corrected chi connectivity index (χ0v) is 12.7. The number of nitrogens with two attached hydrogens (primary N) is 1. The van der Waals surface area contributed by atoms with Crippen LogP contribution in [0.2, 0.25) is 0 Å². The zero-order valence-electron chi connectivity index (χ0n) is 12.7. The maximum Gasteiger partial charge on any atom is 0.0343 e. The van der Waals surface area contributed by atoms with Crippen molar-refractivity contribution in [2.45, 2.75) is 51.5 Å². The molecule has 1 aliphatic heterocycles. The Morgan fingerprint density at radius 2 is 1.74 bits per heavy atom. The minimum atomic E-state index is 0.121. The second-order valence-corrected chi connectivity index (χ2v) is 6.47. The highest BCUT2D eigenvalue weighted by Gasteiger charge is 2.32. The Morgan fingerprint density at radius 3 is 2.21 bits per heavy atom. The summed E-state index contributed by atoms with van der Waals surface area (Å²) in [6.45, 7) is 9.94. The van der Waals surface area contributed by atoms with Crippen LogP contribution in [-0.2, 0) is 6.42 Å². The largest absolute Gasteiger partial charge is 0.329 e. The van der Waals surface area contributed by atoms with E-state index in [1.807, 2.05) is 0 Å². The van der Waals surface area contributed by atoms with Crippen LogP contribution in [0.4, 0.5) is 0 Å². The van der Waals surface area contributed by atoms with Crippen LogP contribution in [0.1, 0.15) is 50.7 Å². The molecule has 2 heteroatoms. The molecule has 0 aromatic heterocycles. The Kier molecular flexibility index (Phi) is 4.64. The highest BCUT2D eigenvalue weighted by molar-refractivity contribution is 5.26. The number of hydrogen-bond acceptors (Lipinski definition) is 2. The van der Waals surface area contributed by atoms with Crippen LogP contribution in [0.15, 0.2) is 24.3 Å². The van der Waals surface area contributed by atoms with Crippen LogP contribution in [0.5, 0.6) is 0 Å². The van der Waals surface area contributed by atoms with Crippen LogP contribution in [-0.4, -0.2) is 30.1 Å². The minimum absolute atomic E-state index is 0.121. The van der Waals surface area contributed by atoms with Gasteiger partial charge >= 0.3 is 0 Å². The maximum atomic E-state index is 6.07. The van der Waals surface area contributed by atoms with Gasteiger partial charge in [0.15, 0.2) is 0 Å². The Morgan fingerprint density at radius 1 is 1.16 bits per heavy atom. The molecule has 1 aromatic rings. The van der Waals surface area contributed by atoms with Crippen molar-refractivity contribution in [2.75, 3.05) is 19.6 Å². The fourth-order valence-corrected chi connectivity index (χ4v) is 3.03. The van der Waals surface area contributed by atoms with Gasteiger partial charge in [0.25, 0.3) is 0 Å². The molecule has 2 N–H and O–H groups in total. The molecule has 1 heterocycles. The van der Waals surface area contributed by atoms with E-state index in [1.165, 1.54) is 37.1 Å². The first kappa shape index (κ1) is 14.5. The topological polar surface area (TPSA) is 29.3 Å². The first-order valence-corrected chi connectivity index (χ1v) is 7.59. The van der Waals surface area contributed by atoms with Gasteiger partial charge in [-0.2, -0.15) is 0 Å². The van der Waals surface area contributed by atoms with Gasteiger partial charge in [-0.15, -0.1) is 0 Å². The predicted octanol–water partition coefficient (Wildman–Crippen LogP) is 3.17. The molecule has 2 nitrogen and oxygen atoms in total. The predicted molar refractivity (Wildman–Crippen MR) is 82.5 cm³/mol. The van der Waals surface area contributed by atoms with Crippen molar-refractivity contribution in [2.24, 2.45) is 5.73 Å². The molecule has 0 amide bonds. The number of likely N-dealkylation sites (tertiary alicyclic amines) is 1. The Hall–Kier alpha value is -0.860. The second kappa shape index (κ2) is 6.06. The smallest absolute Gasteiger partial charge is 0.0343 e. The molecule has 0 spiro atoms. The minimum Gasteiger partial charge on any atom is -0.329 e. The van der Waals surface area contributed by atoms with Crippen molar-refractivity contribution in [3.63, 3.8) is 0 Å². The van der Waals surface area contributed by atoms with E-state index >= 15 is 0 Å². The summed E-state index contributed by atoms with van der Waals surface area (Å²) in [4.78, 5) is 2.57. The number of nitrogens with zero attached hydrogens (tertiary/aromatic N) is 1. The molecule has 1 atom stereocenters. The zero-order chi connectivity index (χ0) is 13.9. The molecule has 1 saturated heterocycles. The van der Waals surface area contributed by atoms with Gasteiger partial charge in [0.05, 0.1) is 0 Å². The molecule has 19 heavy (non-hydrogen) atoms. The normalized spacial score (nSPS) is 19.8. The Bertz CT molecular complexity index is 390. The molecule has 0 aliphatic carbocycles. The van der Waals surface area contributed by atoms with E-state index in [-0.39, 0.29) is 5.54 Å². The average Bonchev–Trinajstić information content (AvgIpc) is 2.93. The fraction of sp³-hybridized carbons (Fsp3) is 0.647. The lowest BCUT2D eigenvalue weighted by atomic mass is 9.90. The van der Waals surface area contributed by atoms with Gasteiger partial charge < -0.3 is 5.73 Å². The lowest BCUT2D eigenvalue weighted by molar-refractivity contribution is 0.143. The van der Waals surface area contributed by atoms with Gasteiger partial charge in [-0.25, -0.2) is 0 Å². The number of hydrogen-bond donors (Lipinski definition) is 1. The Labute approximate surface area is 118 Å². The van der Waals surface area contributed by atoms with E-state index in [9.17, 15) is 0 Å². The number of benzene rings is 1. The van der Waals surface area contributed by atoms with Crippen molar-refractivity contribution in [1.29, 1.82) is 0 Å². The van der Waals surface area contributed by atoms with Gasteiger partial charge in [-0.3, -0.25) is 4.90 Å². The molecule has 1 unspecified atom stereocenters. The molecule has 1 aromatic carbocycles. The van der Waals surface area contributed by atoms with E-state index in [0.717, 1.165) is 13.0 Å². The van der Waals surface area contributed by atoms with E-state index < -0.39 is 0 Å². The average molecular weight is 260 g/mol. The van der Waals surface area contributed by atoms with Crippen molar-refractivity contribution in [3.05, 3.63) is 35.4 Å². The first-order valence-electron chi connectivity index (χ1n) is 7.59. The van der Waals surface area contributed by atoms with Gasteiger partial charge in [-0.1, -0.05) is 38.1 Å². The molecule has 0 bridgehead atoms. The summed E-state index contributed by atoms with van der Waals surface area (Å²) in [5.74, 6) is 0.605. The van der Waals surface area contributed by atoms with Crippen LogP contribution in [0, 0.1) is 0 Å². The maximum absolute atomic E-state index is 6.07. The third-order valence-electron chi connectivity index (χ3n) is 4.54.